The highest BCUT2D eigenvalue weighted by Gasteiger charge is 2.17. The Bertz CT molecular complexity index is 730. The van der Waals surface area contributed by atoms with E-state index < -0.39 is 0 Å². The smallest absolute Gasteiger partial charge is 0.309 e. The van der Waals surface area contributed by atoms with Crippen molar-refractivity contribution in [3.05, 3.63) is 59.7 Å². The maximum Gasteiger partial charge on any atom is 0.309 e. The molecule has 2 nitrogen and oxygen atoms in total. The SMILES string of the molecule is CCCCCCCCc1ccc(-c2ccc(C(C)OC(=O)C(C)CCC)cc2)cc1. The van der Waals surface area contributed by atoms with Crippen LogP contribution in [0.15, 0.2) is 48.5 Å². The van der Waals surface area contributed by atoms with Crippen molar-refractivity contribution in [1.29, 1.82) is 0 Å². The van der Waals surface area contributed by atoms with Crippen LogP contribution in [-0.2, 0) is 16.0 Å². The summed E-state index contributed by atoms with van der Waals surface area (Å²) in [5, 5.41) is 0. The van der Waals surface area contributed by atoms with Gasteiger partial charge >= 0.3 is 5.97 Å². The molecule has 0 saturated carbocycles. The number of aryl methyl sites for hydroxylation is 1. The Morgan fingerprint density at radius 3 is 1.93 bits per heavy atom. The van der Waals surface area contributed by atoms with Gasteiger partial charge in [-0.15, -0.1) is 0 Å². The lowest BCUT2D eigenvalue weighted by molar-refractivity contribution is -0.153. The van der Waals surface area contributed by atoms with E-state index in [2.05, 4.69) is 62.4 Å². The summed E-state index contributed by atoms with van der Waals surface area (Å²) in [7, 11) is 0. The highest BCUT2D eigenvalue weighted by atomic mass is 16.5. The third kappa shape index (κ3) is 7.97. The van der Waals surface area contributed by atoms with Crippen LogP contribution in [0.3, 0.4) is 0 Å². The standard InChI is InChI=1S/C28H40O2/c1-5-7-8-9-10-11-13-24-14-16-26(17-15-24)27-20-18-25(19-21-27)23(4)30-28(29)22(3)12-6-2/h14-23H,5-13H2,1-4H3. The number of hydrogen-bond acceptors (Lipinski definition) is 2. The van der Waals surface area contributed by atoms with Crippen molar-refractivity contribution >= 4 is 5.97 Å². The quantitative estimate of drug-likeness (QED) is 0.246. The van der Waals surface area contributed by atoms with Crippen LogP contribution in [-0.4, -0.2) is 5.97 Å². The van der Waals surface area contributed by atoms with Crippen LogP contribution in [0, 0.1) is 5.92 Å². The number of hydrogen-bond donors (Lipinski definition) is 0. The second kappa shape index (κ2) is 13.3. The molecule has 164 valence electrons. The fraction of sp³-hybridized carbons (Fsp3) is 0.536. The zero-order valence-electron chi connectivity index (χ0n) is 19.5. The van der Waals surface area contributed by atoms with E-state index in [-0.39, 0.29) is 18.0 Å². The molecular formula is C28H40O2. The van der Waals surface area contributed by atoms with E-state index >= 15 is 0 Å². The van der Waals surface area contributed by atoms with Crippen molar-refractivity contribution in [2.45, 2.75) is 91.6 Å². The van der Waals surface area contributed by atoms with E-state index in [9.17, 15) is 4.79 Å². The molecule has 0 aliphatic rings. The summed E-state index contributed by atoms with van der Waals surface area (Å²) in [4.78, 5) is 12.2. The van der Waals surface area contributed by atoms with E-state index in [0.717, 1.165) is 18.4 Å². The van der Waals surface area contributed by atoms with Gasteiger partial charge < -0.3 is 4.74 Å². The molecule has 0 N–H and O–H groups in total. The number of esters is 1. The van der Waals surface area contributed by atoms with Crippen molar-refractivity contribution in [2.24, 2.45) is 5.92 Å². The molecule has 2 heteroatoms. The van der Waals surface area contributed by atoms with Gasteiger partial charge in [0.1, 0.15) is 6.10 Å². The molecule has 0 aliphatic heterocycles. The van der Waals surface area contributed by atoms with Gasteiger partial charge in [-0.25, -0.2) is 0 Å². The van der Waals surface area contributed by atoms with Gasteiger partial charge in [0.25, 0.3) is 0 Å². The summed E-state index contributed by atoms with van der Waals surface area (Å²) in [6, 6.07) is 17.3. The topological polar surface area (TPSA) is 26.3 Å². The van der Waals surface area contributed by atoms with E-state index in [1.807, 2.05) is 13.8 Å². The fourth-order valence-corrected chi connectivity index (χ4v) is 3.83. The van der Waals surface area contributed by atoms with Crippen LogP contribution in [0.1, 0.15) is 96.3 Å². The van der Waals surface area contributed by atoms with E-state index in [1.165, 1.54) is 61.6 Å². The first kappa shape index (κ1) is 24.2. The van der Waals surface area contributed by atoms with Crippen molar-refractivity contribution in [3.63, 3.8) is 0 Å². The molecule has 0 saturated heterocycles. The first-order chi connectivity index (χ1) is 14.5. The normalized spacial score (nSPS) is 13.1. The van der Waals surface area contributed by atoms with Gasteiger partial charge in [-0.2, -0.15) is 0 Å². The maximum atomic E-state index is 12.2. The summed E-state index contributed by atoms with van der Waals surface area (Å²) < 4.78 is 5.64. The van der Waals surface area contributed by atoms with Gasteiger partial charge in [-0.1, -0.05) is 108 Å². The zero-order valence-corrected chi connectivity index (χ0v) is 19.5. The molecule has 0 amide bonds. The van der Waals surface area contributed by atoms with Gasteiger partial charge in [0, 0.05) is 0 Å². The van der Waals surface area contributed by atoms with Crippen molar-refractivity contribution in [3.8, 4) is 11.1 Å². The molecule has 30 heavy (non-hydrogen) atoms. The highest BCUT2D eigenvalue weighted by Crippen LogP contribution is 2.25. The Kier molecular flexibility index (Phi) is 10.7. The number of benzene rings is 2. The minimum absolute atomic E-state index is 0.0356. The highest BCUT2D eigenvalue weighted by molar-refractivity contribution is 5.72. The molecule has 2 aromatic rings. The van der Waals surface area contributed by atoms with E-state index in [0.29, 0.717) is 0 Å². The molecule has 2 rings (SSSR count). The molecular weight excluding hydrogens is 368 g/mol. The van der Waals surface area contributed by atoms with Gasteiger partial charge in [0.15, 0.2) is 0 Å². The summed E-state index contributed by atoms with van der Waals surface area (Å²) in [6.07, 6.45) is 10.9. The molecule has 0 radical (unpaired) electrons. The Morgan fingerprint density at radius 1 is 0.767 bits per heavy atom. The molecule has 0 aromatic heterocycles. The second-order valence-corrected chi connectivity index (χ2v) is 8.61. The Labute approximate surface area is 184 Å². The summed E-state index contributed by atoms with van der Waals surface area (Å²) >= 11 is 0. The monoisotopic (exact) mass is 408 g/mol. The Hall–Kier alpha value is -2.09. The van der Waals surface area contributed by atoms with Gasteiger partial charge in [0.05, 0.1) is 5.92 Å². The van der Waals surface area contributed by atoms with Crippen LogP contribution >= 0.6 is 0 Å². The van der Waals surface area contributed by atoms with Crippen LogP contribution < -0.4 is 0 Å². The molecule has 2 unspecified atom stereocenters. The lowest BCUT2D eigenvalue weighted by Gasteiger charge is -2.17. The predicted molar refractivity (Wildman–Crippen MR) is 128 cm³/mol. The summed E-state index contributed by atoms with van der Waals surface area (Å²) in [5.41, 5.74) is 4.89. The van der Waals surface area contributed by atoms with Crippen LogP contribution in [0.5, 0.6) is 0 Å². The number of ether oxygens (including phenoxy) is 1. The van der Waals surface area contributed by atoms with E-state index in [4.69, 9.17) is 4.74 Å². The fourth-order valence-electron chi connectivity index (χ4n) is 3.83. The Morgan fingerprint density at radius 2 is 1.33 bits per heavy atom. The third-order valence-corrected chi connectivity index (χ3v) is 5.90. The van der Waals surface area contributed by atoms with Crippen LogP contribution in [0.4, 0.5) is 0 Å². The minimum Gasteiger partial charge on any atom is -0.458 e. The number of rotatable bonds is 13. The van der Waals surface area contributed by atoms with Crippen LogP contribution in [0.2, 0.25) is 0 Å². The molecule has 2 atom stereocenters. The first-order valence-corrected chi connectivity index (χ1v) is 11.9. The average molecular weight is 409 g/mol. The first-order valence-electron chi connectivity index (χ1n) is 11.9. The van der Waals surface area contributed by atoms with E-state index in [1.54, 1.807) is 0 Å². The summed E-state index contributed by atoms with van der Waals surface area (Å²) in [6.45, 7) is 8.24. The number of unbranched alkanes of at least 4 members (excludes halogenated alkanes) is 5. The molecule has 0 heterocycles. The Balaban J connectivity index is 1.86. The van der Waals surface area contributed by atoms with Gasteiger partial charge in [0.2, 0.25) is 0 Å². The molecule has 0 aliphatic carbocycles. The van der Waals surface area contributed by atoms with Gasteiger partial charge in [-0.05, 0) is 48.4 Å². The third-order valence-electron chi connectivity index (χ3n) is 5.90. The minimum atomic E-state index is -0.217. The molecule has 0 spiro atoms. The number of carbonyl (C=O) groups excluding carboxylic acids is 1. The maximum absolute atomic E-state index is 12.2. The van der Waals surface area contributed by atoms with Crippen molar-refractivity contribution < 1.29 is 9.53 Å². The van der Waals surface area contributed by atoms with Gasteiger partial charge in [-0.3, -0.25) is 4.79 Å². The lowest BCUT2D eigenvalue weighted by atomic mass is 9.99. The largest absolute Gasteiger partial charge is 0.458 e. The lowest BCUT2D eigenvalue weighted by Crippen LogP contribution is -2.16. The molecule has 0 fully saturated rings. The zero-order chi connectivity index (χ0) is 21.8. The molecule has 0 bridgehead atoms. The summed E-state index contributed by atoms with van der Waals surface area (Å²) in [5.74, 6) is -0.138. The van der Waals surface area contributed by atoms with Crippen molar-refractivity contribution in [2.75, 3.05) is 0 Å². The van der Waals surface area contributed by atoms with Crippen molar-refractivity contribution in [1.82, 2.24) is 0 Å². The van der Waals surface area contributed by atoms with Crippen LogP contribution in [0.25, 0.3) is 11.1 Å². The second-order valence-electron chi connectivity index (χ2n) is 8.61. The molecule has 2 aromatic carbocycles. The average Bonchev–Trinajstić information content (AvgIpc) is 2.77. The predicted octanol–water partition coefficient (Wildman–Crippen LogP) is 8.30. The number of carbonyl (C=O) groups is 1.